The molecule has 1 aliphatic rings. The molecule has 3 aromatic carbocycles. The molecule has 0 fully saturated rings. The lowest BCUT2D eigenvalue weighted by molar-refractivity contribution is -0.116. The second-order valence-electron chi connectivity index (χ2n) is 8.31. The van der Waals surface area contributed by atoms with Gasteiger partial charge in [0.2, 0.25) is 11.1 Å². The summed E-state index contributed by atoms with van der Waals surface area (Å²) < 4.78 is 6.64. The van der Waals surface area contributed by atoms with Crippen LogP contribution in [0.2, 0.25) is 0 Å². The van der Waals surface area contributed by atoms with E-state index in [1.165, 1.54) is 24.4 Å². The second-order valence-corrected chi connectivity index (χ2v) is 9.41. The van der Waals surface area contributed by atoms with Gasteiger partial charge in [0.25, 0.3) is 0 Å². The molecular formula is C27H25N5O3S. The number of aromatic nitrogens is 3. The molecule has 1 aromatic heterocycles. The van der Waals surface area contributed by atoms with Gasteiger partial charge in [0.05, 0.1) is 18.7 Å². The number of fused-ring (bicyclic) bond motifs is 1. The molecule has 4 aromatic rings. The van der Waals surface area contributed by atoms with Crippen LogP contribution in [0.3, 0.4) is 0 Å². The number of carbonyl (C=O) groups excluding carboxylic acids is 2. The Kier molecular flexibility index (Phi) is 6.73. The first kappa shape index (κ1) is 23.6. The standard InChI is InChI=1S/C27H25N5O3S/c1-3-17-9-15-21(16-10-17)28-25(33)23-22(18-11-13-20(14-12-18)26(34)35-2)31-32-24(29-30-27(32)36-23)19-7-5-4-6-8-19/h4-16,22-23,31H,3H2,1-2H3,(H,28,33)/t22-,23-/m1/s1. The van der Waals surface area contributed by atoms with Gasteiger partial charge in [-0.3, -0.25) is 4.79 Å². The molecule has 5 rings (SSSR count). The molecule has 182 valence electrons. The van der Waals surface area contributed by atoms with E-state index in [0.29, 0.717) is 16.5 Å². The molecule has 1 aliphatic heterocycles. The van der Waals surface area contributed by atoms with E-state index in [1.54, 1.807) is 12.1 Å². The fourth-order valence-electron chi connectivity index (χ4n) is 4.06. The highest BCUT2D eigenvalue weighted by Crippen LogP contribution is 2.39. The number of anilines is 1. The van der Waals surface area contributed by atoms with E-state index in [4.69, 9.17) is 4.74 Å². The summed E-state index contributed by atoms with van der Waals surface area (Å²) in [5.74, 6) is 0.0856. The Hall–Kier alpha value is -4.11. The first-order valence-electron chi connectivity index (χ1n) is 11.6. The van der Waals surface area contributed by atoms with Gasteiger partial charge in [-0.15, -0.1) is 10.2 Å². The maximum Gasteiger partial charge on any atom is 0.337 e. The van der Waals surface area contributed by atoms with Gasteiger partial charge in [-0.1, -0.05) is 73.3 Å². The lowest BCUT2D eigenvalue weighted by Gasteiger charge is -2.33. The fraction of sp³-hybridized carbons (Fsp3) is 0.185. The van der Waals surface area contributed by atoms with Crippen LogP contribution in [-0.2, 0) is 16.0 Å². The fourth-order valence-corrected chi connectivity index (χ4v) is 5.14. The number of ether oxygens (including phenoxy) is 1. The number of nitrogens with zero attached hydrogens (tertiary/aromatic N) is 3. The molecule has 0 radical (unpaired) electrons. The summed E-state index contributed by atoms with van der Waals surface area (Å²) in [6.07, 6.45) is 0.930. The van der Waals surface area contributed by atoms with Crippen molar-refractivity contribution in [1.82, 2.24) is 14.9 Å². The molecule has 0 saturated carbocycles. The molecule has 0 unspecified atom stereocenters. The molecular weight excluding hydrogens is 474 g/mol. The Labute approximate surface area is 213 Å². The lowest BCUT2D eigenvalue weighted by Crippen LogP contribution is -2.41. The van der Waals surface area contributed by atoms with Crippen LogP contribution < -0.4 is 10.7 Å². The van der Waals surface area contributed by atoms with Crippen LogP contribution in [0.5, 0.6) is 0 Å². The number of nitrogens with one attached hydrogen (secondary N) is 2. The van der Waals surface area contributed by atoms with E-state index < -0.39 is 17.3 Å². The average Bonchev–Trinajstić information content (AvgIpc) is 3.36. The van der Waals surface area contributed by atoms with Gasteiger partial charge in [0, 0.05) is 11.3 Å². The van der Waals surface area contributed by atoms with Gasteiger partial charge in [0.15, 0.2) is 5.82 Å². The van der Waals surface area contributed by atoms with Crippen molar-refractivity contribution in [3.63, 3.8) is 0 Å². The monoisotopic (exact) mass is 499 g/mol. The van der Waals surface area contributed by atoms with Gasteiger partial charge >= 0.3 is 5.97 Å². The van der Waals surface area contributed by atoms with Crippen molar-refractivity contribution in [2.24, 2.45) is 0 Å². The molecule has 9 heteroatoms. The zero-order valence-electron chi connectivity index (χ0n) is 19.8. The minimum atomic E-state index is -0.542. The summed E-state index contributed by atoms with van der Waals surface area (Å²) in [7, 11) is 1.35. The summed E-state index contributed by atoms with van der Waals surface area (Å²) in [6.45, 7) is 2.09. The van der Waals surface area contributed by atoms with Crippen molar-refractivity contribution >= 4 is 29.3 Å². The normalized spacial score (nSPS) is 16.5. The minimum absolute atomic E-state index is 0.158. The number of hydrogen-bond acceptors (Lipinski definition) is 7. The Balaban J connectivity index is 1.49. The van der Waals surface area contributed by atoms with Gasteiger partial charge in [0.1, 0.15) is 5.25 Å². The number of esters is 1. The predicted octanol–water partition coefficient (Wildman–Crippen LogP) is 4.69. The van der Waals surface area contributed by atoms with Crippen molar-refractivity contribution in [1.29, 1.82) is 0 Å². The SMILES string of the molecule is CCc1ccc(NC(=O)[C@@H]2Sc3nnc(-c4ccccc4)n3N[C@@H]2c2ccc(C(=O)OC)cc2)cc1. The highest BCUT2D eigenvalue weighted by molar-refractivity contribution is 8.00. The molecule has 36 heavy (non-hydrogen) atoms. The molecule has 0 bridgehead atoms. The van der Waals surface area contributed by atoms with Crippen LogP contribution in [0.25, 0.3) is 11.4 Å². The van der Waals surface area contributed by atoms with Crippen molar-refractivity contribution in [3.05, 3.63) is 95.6 Å². The second kappa shape index (κ2) is 10.2. The Bertz CT molecular complexity index is 1370. The maximum atomic E-state index is 13.5. The minimum Gasteiger partial charge on any atom is -0.465 e. The lowest BCUT2D eigenvalue weighted by atomic mass is 10.0. The number of amides is 1. The third kappa shape index (κ3) is 4.70. The third-order valence-electron chi connectivity index (χ3n) is 6.05. The van der Waals surface area contributed by atoms with Crippen molar-refractivity contribution in [2.75, 3.05) is 17.9 Å². The molecule has 8 nitrogen and oxygen atoms in total. The number of thioether (sulfide) groups is 1. The van der Waals surface area contributed by atoms with Crippen LogP contribution in [-0.4, -0.2) is 39.1 Å². The number of methoxy groups -OCH3 is 1. The van der Waals surface area contributed by atoms with E-state index in [-0.39, 0.29) is 5.91 Å². The van der Waals surface area contributed by atoms with Gasteiger partial charge in [-0.05, 0) is 41.8 Å². The van der Waals surface area contributed by atoms with Crippen LogP contribution in [0.4, 0.5) is 5.69 Å². The summed E-state index contributed by atoms with van der Waals surface area (Å²) in [6, 6.07) is 24.2. The van der Waals surface area contributed by atoms with Crippen LogP contribution in [0.1, 0.15) is 34.5 Å². The Morgan fingerprint density at radius 2 is 1.72 bits per heavy atom. The van der Waals surface area contributed by atoms with Crippen LogP contribution in [0.15, 0.2) is 84.0 Å². The summed E-state index contributed by atoms with van der Waals surface area (Å²) >= 11 is 1.35. The van der Waals surface area contributed by atoms with Crippen LogP contribution >= 0.6 is 11.8 Å². The maximum absolute atomic E-state index is 13.5. The van der Waals surface area contributed by atoms with Crippen molar-refractivity contribution < 1.29 is 14.3 Å². The zero-order valence-corrected chi connectivity index (χ0v) is 20.7. The highest BCUT2D eigenvalue weighted by atomic mass is 32.2. The Morgan fingerprint density at radius 1 is 1.00 bits per heavy atom. The first-order chi connectivity index (χ1) is 17.6. The molecule has 2 N–H and O–H groups in total. The quantitative estimate of drug-likeness (QED) is 0.371. The number of aryl methyl sites for hydroxylation is 1. The topological polar surface area (TPSA) is 98.1 Å². The molecule has 0 saturated heterocycles. The zero-order chi connectivity index (χ0) is 25.1. The largest absolute Gasteiger partial charge is 0.465 e. The van der Waals surface area contributed by atoms with E-state index >= 15 is 0 Å². The van der Waals surface area contributed by atoms with Crippen LogP contribution in [0, 0.1) is 0 Å². The van der Waals surface area contributed by atoms with E-state index in [1.807, 2.05) is 71.4 Å². The molecule has 0 aliphatic carbocycles. The highest BCUT2D eigenvalue weighted by Gasteiger charge is 2.38. The molecule has 2 heterocycles. The van der Waals surface area contributed by atoms with E-state index in [2.05, 4.69) is 27.9 Å². The van der Waals surface area contributed by atoms with Gasteiger partial charge in [-0.2, -0.15) is 0 Å². The van der Waals surface area contributed by atoms with Crippen molar-refractivity contribution in [3.8, 4) is 11.4 Å². The van der Waals surface area contributed by atoms with E-state index in [9.17, 15) is 9.59 Å². The first-order valence-corrected chi connectivity index (χ1v) is 12.5. The third-order valence-corrected chi connectivity index (χ3v) is 7.26. The smallest absolute Gasteiger partial charge is 0.337 e. The van der Waals surface area contributed by atoms with E-state index in [0.717, 1.165) is 23.2 Å². The number of hydrogen-bond donors (Lipinski definition) is 2. The Morgan fingerprint density at radius 3 is 2.39 bits per heavy atom. The average molecular weight is 500 g/mol. The summed E-state index contributed by atoms with van der Waals surface area (Å²) in [5.41, 5.74) is 7.57. The van der Waals surface area contributed by atoms with Gasteiger partial charge in [-0.25, -0.2) is 9.47 Å². The number of rotatable bonds is 6. The number of carbonyl (C=O) groups is 2. The molecule has 0 spiro atoms. The van der Waals surface area contributed by atoms with Gasteiger partial charge < -0.3 is 15.5 Å². The predicted molar refractivity (Wildman–Crippen MR) is 139 cm³/mol. The summed E-state index contributed by atoms with van der Waals surface area (Å²) in [5, 5.41) is 11.8. The van der Waals surface area contributed by atoms with Crippen molar-refractivity contribution in [2.45, 2.75) is 29.8 Å². The molecule has 1 amide bonds. The summed E-state index contributed by atoms with van der Waals surface area (Å²) in [4.78, 5) is 25.4. The number of benzene rings is 3. The molecule has 2 atom stereocenters.